The first-order chi connectivity index (χ1) is 16.8. The van der Waals surface area contributed by atoms with E-state index in [9.17, 15) is 18.8 Å². The molecule has 1 atom stereocenters. The van der Waals surface area contributed by atoms with Crippen molar-refractivity contribution in [3.05, 3.63) is 75.4 Å². The van der Waals surface area contributed by atoms with Crippen LogP contribution in [0.3, 0.4) is 0 Å². The highest BCUT2D eigenvalue weighted by Gasteiger charge is 2.27. The SMILES string of the molecule is CCN1C(=O)COc2ccc(C(=O)C(C)n3cnc4sc(C)c(-c5ccc(F)cc5)c4c3=O)cc21. The van der Waals surface area contributed by atoms with Crippen LogP contribution in [-0.2, 0) is 4.79 Å². The van der Waals surface area contributed by atoms with Gasteiger partial charge in [-0.05, 0) is 56.7 Å². The van der Waals surface area contributed by atoms with E-state index in [4.69, 9.17) is 4.74 Å². The van der Waals surface area contributed by atoms with Crippen LogP contribution in [-0.4, -0.2) is 34.4 Å². The lowest BCUT2D eigenvalue weighted by Gasteiger charge is -2.28. The third-order valence-corrected chi connectivity index (χ3v) is 7.26. The van der Waals surface area contributed by atoms with E-state index in [2.05, 4.69) is 4.98 Å². The number of ketones is 1. The standard InChI is InChI=1S/C26H22FN3O4S/c1-4-29-19-11-17(7-10-20(19)34-12-21(29)31)24(32)14(2)30-13-28-25-23(26(30)33)22(15(3)35-25)16-5-8-18(27)9-6-16/h5-11,13-14H,4,12H2,1-3H3. The highest BCUT2D eigenvalue weighted by molar-refractivity contribution is 7.19. The number of ether oxygens (including phenoxy) is 1. The van der Waals surface area contributed by atoms with Gasteiger partial charge in [0, 0.05) is 22.5 Å². The highest BCUT2D eigenvalue weighted by atomic mass is 32.1. The van der Waals surface area contributed by atoms with Crippen molar-refractivity contribution < 1.29 is 18.7 Å². The Bertz CT molecular complexity index is 1540. The summed E-state index contributed by atoms with van der Waals surface area (Å²) in [4.78, 5) is 46.7. The van der Waals surface area contributed by atoms with E-state index in [1.165, 1.54) is 34.4 Å². The molecule has 0 saturated heterocycles. The van der Waals surface area contributed by atoms with Gasteiger partial charge in [0.2, 0.25) is 0 Å². The van der Waals surface area contributed by atoms with Crippen molar-refractivity contribution in [1.29, 1.82) is 0 Å². The first-order valence-corrected chi connectivity index (χ1v) is 12.0. The summed E-state index contributed by atoms with van der Waals surface area (Å²) in [5.41, 5.74) is 1.96. The van der Waals surface area contributed by atoms with Gasteiger partial charge in [-0.15, -0.1) is 11.3 Å². The molecule has 0 aliphatic carbocycles. The number of halogens is 1. The number of benzene rings is 2. The largest absolute Gasteiger partial charge is 0.482 e. The Morgan fingerprint density at radius 2 is 1.94 bits per heavy atom. The summed E-state index contributed by atoms with van der Waals surface area (Å²) in [5.74, 6) is -0.293. The molecule has 4 aromatic rings. The molecule has 0 N–H and O–H groups in total. The first kappa shape index (κ1) is 22.9. The molecule has 2 aromatic heterocycles. The van der Waals surface area contributed by atoms with E-state index < -0.39 is 6.04 Å². The van der Waals surface area contributed by atoms with Crippen LogP contribution in [0.4, 0.5) is 10.1 Å². The number of likely N-dealkylation sites (N-methyl/N-ethyl adjacent to an activating group) is 1. The predicted octanol–water partition coefficient (Wildman–Crippen LogP) is 4.76. The number of fused-ring (bicyclic) bond motifs is 2. The van der Waals surface area contributed by atoms with E-state index >= 15 is 0 Å². The maximum Gasteiger partial charge on any atom is 0.265 e. The monoisotopic (exact) mass is 491 g/mol. The van der Waals surface area contributed by atoms with E-state index in [-0.39, 0.29) is 29.7 Å². The van der Waals surface area contributed by atoms with E-state index in [1.54, 1.807) is 42.2 Å². The van der Waals surface area contributed by atoms with Gasteiger partial charge in [-0.2, -0.15) is 0 Å². The molecule has 1 aliphatic rings. The van der Waals surface area contributed by atoms with Gasteiger partial charge in [0.25, 0.3) is 11.5 Å². The number of hydrogen-bond donors (Lipinski definition) is 0. The molecule has 2 aromatic carbocycles. The minimum Gasteiger partial charge on any atom is -0.482 e. The van der Waals surface area contributed by atoms with Crippen LogP contribution in [0.15, 0.2) is 53.6 Å². The Morgan fingerprint density at radius 3 is 2.66 bits per heavy atom. The Morgan fingerprint density at radius 1 is 1.20 bits per heavy atom. The topological polar surface area (TPSA) is 81.5 Å². The molecule has 1 aliphatic heterocycles. The Kier molecular flexibility index (Phi) is 5.72. The van der Waals surface area contributed by atoms with Crippen molar-refractivity contribution in [3.8, 4) is 16.9 Å². The fourth-order valence-electron chi connectivity index (χ4n) is 4.43. The molecule has 0 spiro atoms. The van der Waals surface area contributed by atoms with Gasteiger partial charge in [-0.1, -0.05) is 12.1 Å². The van der Waals surface area contributed by atoms with Crippen molar-refractivity contribution in [2.45, 2.75) is 26.8 Å². The summed E-state index contributed by atoms with van der Waals surface area (Å²) in [5, 5.41) is 0.405. The number of anilines is 1. The number of carbonyl (C=O) groups is 2. The second kappa shape index (κ2) is 8.74. The van der Waals surface area contributed by atoms with E-state index in [0.29, 0.717) is 44.9 Å². The minimum atomic E-state index is -0.839. The van der Waals surface area contributed by atoms with Crippen molar-refractivity contribution in [2.24, 2.45) is 0 Å². The zero-order valence-corrected chi connectivity index (χ0v) is 20.2. The lowest BCUT2D eigenvalue weighted by Crippen LogP contribution is -2.38. The number of aryl methyl sites for hydroxylation is 1. The second-order valence-corrected chi connectivity index (χ2v) is 9.53. The molecule has 0 radical (unpaired) electrons. The van der Waals surface area contributed by atoms with Gasteiger partial charge in [0.1, 0.15) is 16.4 Å². The fourth-order valence-corrected chi connectivity index (χ4v) is 5.43. The molecule has 7 nitrogen and oxygen atoms in total. The molecule has 3 heterocycles. The van der Waals surface area contributed by atoms with Gasteiger partial charge in [-0.25, -0.2) is 9.37 Å². The lowest BCUT2D eigenvalue weighted by atomic mass is 10.0. The summed E-state index contributed by atoms with van der Waals surface area (Å²) in [6.45, 7) is 5.80. The van der Waals surface area contributed by atoms with Crippen LogP contribution in [0.5, 0.6) is 5.75 Å². The summed E-state index contributed by atoms with van der Waals surface area (Å²) >= 11 is 1.38. The first-order valence-electron chi connectivity index (χ1n) is 11.2. The van der Waals surface area contributed by atoms with Crippen molar-refractivity contribution in [3.63, 3.8) is 0 Å². The number of rotatable bonds is 5. The summed E-state index contributed by atoms with van der Waals surface area (Å²) < 4.78 is 20.3. The normalized spacial score (nSPS) is 14.1. The van der Waals surface area contributed by atoms with Gasteiger partial charge in [0.05, 0.1) is 23.4 Å². The Labute approximate surface area is 204 Å². The molecular weight excluding hydrogens is 469 g/mol. The summed E-state index contributed by atoms with van der Waals surface area (Å²) in [6, 6.07) is 10.1. The smallest absolute Gasteiger partial charge is 0.265 e. The number of thiophene rings is 1. The average molecular weight is 492 g/mol. The van der Waals surface area contributed by atoms with Crippen molar-refractivity contribution in [2.75, 3.05) is 18.1 Å². The fraction of sp³-hybridized carbons (Fsp3) is 0.231. The Hall–Kier alpha value is -3.85. The van der Waals surface area contributed by atoms with Gasteiger partial charge >= 0.3 is 0 Å². The molecule has 35 heavy (non-hydrogen) atoms. The van der Waals surface area contributed by atoms with Gasteiger partial charge < -0.3 is 9.64 Å². The highest BCUT2D eigenvalue weighted by Crippen LogP contribution is 2.36. The average Bonchev–Trinajstić information content (AvgIpc) is 3.20. The maximum absolute atomic E-state index is 13.6. The molecular formula is C26H22FN3O4S. The third kappa shape index (κ3) is 3.81. The predicted molar refractivity (Wildman–Crippen MR) is 133 cm³/mol. The molecule has 0 saturated carbocycles. The number of nitrogens with zero attached hydrogens (tertiary/aromatic N) is 3. The van der Waals surface area contributed by atoms with Crippen LogP contribution in [0.2, 0.25) is 0 Å². The van der Waals surface area contributed by atoms with Crippen LogP contribution >= 0.6 is 11.3 Å². The molecule has 0 bridgehead atoms. The van der Waals surface area contributed by atoms with E-state index in [1.807, 2.05) is 13.8 Å². The number of Topliss-reactive ketones (excluding diaryl/α,β-unsaturated/α-hetero) is 1. The molecule has 1 unspecified atom stereocenters. The van der Waals surface area contributed by atoms with Crippen molar-refractivity contribution in [1.82, 2.24) is 9.55 Å². The maximum atomic E-state index is 13.6. The molecule has 0 fully saturated rings. The van der Waals surface area contributed by atoms with E-state index in [0.717, 1.165) is 4.88 Å². The van der Waals surface area contributed by atoms with Crippen LogP contribution in [0, 0.1) is 12.7 Å². The van der Waals surface area contributed by atoms with Crippen LogP contribution in [0.25, 0.3) is 21.3 Å². The number of hydrogen-bond acceptors (Lipinski definition) is 6. The molecule has 5 rings (SSSR count). The third-order valence-electron chi connectivity index (χ3n) is 6.25. The Balaban J connectivity index is 1.57. The minimum absolute atomic E-state index is 0.0396. The second-order valence-electron chi connectivity index (χ2n) is 8.33. The van der Waals surface area contributed by atoms with Crippen LogP contribution < -0.4 is 15.2 Å². The molecule has 9 heteroatoms. The summed E-state index contributed by atoms with van der Waals surface area (Å²) in [6.07, 6.45) is 1.39. The number of carbonyl (C=O) groups excluding carboxylic acids is 2. The molecule has 1 amide bonds. The lowest BCUT2D eigenvalue weighted by molar-refractivity contribution is -0.121. The van der Waals surface area contributed by atoms with Crippen LogP contribution in [0.1, 0.15) is 35.1 Å². The quantitative estimate of drug-likeness (QED) is 0.376. The number of aromatic nitrogens is 2. The zero-order valence-electron chi connectivity index (χ0n) is 19.4. The van der Waals surface area contributed by atoms with Gasteiger partial charge in [0.15, 0.2) is 12.4 Å². The van der Waals surface area contributed by atoms with Gasteiger partial charge in [-0.3, -0.25) is 19.0 Å². The van der Waals surface area contributed by atoms with Crippen molar-refractivity contribution >= 4 is 38.9 Å². The zero-order chi connectivity index (χ0) is 24.9. The summed E-state index contributed by atoms with van der Waals surface area (Å²) in [7, 11) is 0. The number of amides is 1. The molecule has 178 valence electrons.